The molecule has 6 heteroatoms. The van der Waals surface area contributed by atoms with Crippen molar-refractivity contribution in [3.63, 3.8) is 0 Å². The maximum atomic E-state index is 4.73. The first-order valence-corrected chi connectivity index (χ1v) is 8.80. The van der Waals surface area contributed by atoms with E-state index >= 15 is 0 Å². The summed E-state index contributed by atoms with van der Waals surface area (Å²) < 4.78 is 2.01. The van der Waals surface area contributed by atoms with E-state index in [-0.39, 0.29) is 0 Å². The van der Waals surface area contributed by atoms with Gasteiger partial charge in [-0.15, -0.1) is 0 Å². The molecule has 3 fully saturated rings. The lowest BCUT2D eigenvalue weighted by atomic mass is 10.1. The maximum Gasteiger partial charge on any atom is 0.154 e. The quantitative estimate of drug-likeness (QED) is 0.847. The van der Waals surface area contributed by atoms with Crippen LogP contribution in [0.3, 0.4) is 0 Å². The summed E-state index contributed by atoms with van der Waals surface area (Å²) >= 11 is 0. The first-order valence-electron chi connectivity index (χ1n) is 8.80. The Hall–Kier alpha value is -1.66. The lowest BCUT2D eigenvalue weighted by Crippen LogP contribution is -2.63. The first kappa shape index (κ1) is 13.7. The molecular weight excluding hydrogens is 288 g/mol. The molecule has 0 spiro atoms. The molecular formula is C17H24N6. The molecule has 0 bridgehead atoms. The Labute approximate surface area is 136 Å². The molecule has 3 aliphatic rings. The highest BCUT2D eigenvalue weighted by Gasteiger charge is 2.35. The molecule has 2 aromatic heterocycles. The van der Waals surface area contributed by atoms with Gasteiger partial charge in [0.1, 0.15) is 5.52 Å². The van der Waals surface area contributed by atoms with Crippen LogP contribution in [-0.4, -0.2) is 76.8 Å². The van der Waals surface area contributed by atoms with Gasteiger partial charge in [-0.1, -0.05) is 0 Å². The number of nitrogens with zero attached hydrogens (tertiary/aromatic N) is 6. The minimum Gasteiger partial charge on any atom is -0.352 e. The van der Waals surface area contributed by atoms with Crippen LogP contribution in [0.4, 0.5) is 5.82 Å². The zero-order chi connectivity index (χ0) is 15.4. The summed E-state index contributed by atoms with van der Waals surface area (Å²) in [4.78, 5) is 12.1. The molecule has 0 radical (unpaired) electrons. The molecule has 5 rings (SSSR count). The van der Waals surface area contributed by atoms with Crippen LogP contribution in [0.5, 0.6) is 0 Å². The molecule has 0 atom stereocenters. The fourth-order valence-electron chi connectivity index (χ4n) is 3.80. The molecule has 4 heterocycles. The van der Waals surface area contributed by atoms with Crippen molar-refractivity contribution >= 4 is 11.3 Å². The largest absolute Gasteiger partial charge is 0.352 e. The molecule has 0 amide bonds. The Kier molecular flexibility index (Phi) is 3.09. The smallest absolute Gasteiger partial charge is 0.154 e. The topological polar surface area (TPSA) is 39.9 Å². The molecule has 2 aromatic rings. The lowest BCUT2D eigenvalue weighted by molar-refractivity contribution is 0.0961. The van der Waals surface area contributed by atoms with Gasteiger partial charge in [0.2, 0.25) is 0 Å². The van der Waals surface area contributed by atoms with Crippen molar-refractivity contribution in [3.05, 3.63) is 24.2 Å². The Bertz CT molecular complexity index is 707. The van der Waals surface area contributed by atoms with E-state index < -0.39 is 0 Å². The monoisotopic (exact) mass is 312 g/mol. The highest BCUT2D eigenvalue weighted by Crippen LogP contribution is 2.40. The Morgan fingerprint density at radius 1 is 1.09 bits per heavy atom. The highest BCUT2D eigenvalue weighted by molar-refractivity contribution is 5.70. The van der Waals surface area contributed by atoms with Crippen LogP contribution in [0.1, 0.15) is 24.5 Å². The molecule has 0 N–H and O–H groups in total. The number of anilines is 1. The average molecular weight is 312 g/mol. The second kappa shape index (κ2) is 5.18. The first-order chi connectivity index (χ1) is 11.3. The number of hydrogen-bond acceptors (Lipinski definition) is 5. The Balaban J connectivity index is 1.32. The van der Waals surface area contributed by atoms with Crippen molar-refractivity contribution in [2.45, 2.75) is 24.8 Å². The van der Waals surface area contributed by atoms with E-state index in [1.807, 2.05) is 16.9 Å². The van der Waals surface area contributed by atoms with Crippen LogP contribution in [0.2, 0.25) is 0 Å². The summed E-state index contributed by atoms with van der Waals surface area (Å²) in [6.07, 6.45) is 6.45. The predicted molar refractivity (Wildman–Crippen MR) is 90.0 cm³/mol. The number of likely N-dealkylation sites (N-methyl/N-ethyl adjacent to an activating group) is 1. The van der Waals surface area contributed by atoms with Crippen molar-refractivity contribution in [1.82, 2.24) is 24.4 Å². The molecule has 122 valence electrons. The third kappa shape index (κ3) is 2.40. The molecule has 1 saturated carbocycles. The Morgan fingerprint density at radius 2 is 1.87 bits per heavy atom. The van der Waals surface area contributed by atoms with Gasteiger partial charge in [-0.05, 0) is 26.0 Å². The normalized spacial score (nSPS) is 24.3. The molecule has 1 aliphatic carbocycles. The van der Waals surface area contributed by atoms with Crippen molar-refractivity contribution < 1.29 is 0 Å². The second-order valence-corrected chi connectivity index (χ2v) is 7.32. The fraction of sp³-hybridized carbons (Fsp3) is 0.647. The van der Waals surface area contributed by atoms with Gasteiger partial charge in [-0.3, -0.25) is 4.90 Å². The minimum atomic E-state index is 0.691. The highest BCUT2D eigenvalue weighted by atomic mass is 15.4. The van der Waals surface area contributed by atoms with Gasteiger partial charge in [0, 0.05) is 63.6 Å². The molecule has 2 aliphatic heterocycles. The van der Waals surface area contributed by atoms with Gasteiger partial charge in [0.25, 0.3) is 0 Å². The van der Waals surface area contributed by atoms with Crippen LogP contribution >= 0.6 is 0 Å². The Morgan fingerprint density at radius 3 is 2.61 bits per heavy atom. The summed E-state index contributed by atoms with van der Waals surface area (Å²) in [7, 11) is 2.21. The van der Waals surface area contributed by atoms with E-state index in [1.165, 1.54) is 50.2 Å². The van der Waals surface area contributed by atoms with Gasteiger partial charge in [-0.2, -0.15) is 5.10 Å². The van der Waals surface area contributed by atoms with Gasteiger partial charge in [0.15, 0.2) is 5.82 Å². The minimum absolute atomic E-state index is 0.691. The van der Waals surface area contributed by atoms with Crippen LogP contribution in [0, 0.1) is 0 Å². The zero-order valence-electron chi connectivity index (χ0n) is 13.7. The van der Waals surface area contributed by atoms with E-state index in [9.17, 15) is 0 Å². The van der Waals surface area contributed by atoms with Crippen molar-refractivity contribution in [3.8, 4) is 0 Å². The molecule has 0 unspecified atom stereocenters. The van der Waals surface area contributed by atoms with Gasteiger partial charge in [-0.25, -0.2) is 9.50 Å². The molecule has 0 aromatic carbocycles. The van der Waals surface area contributed by atoms with E-state index in [2.05, 4.69) is 32.8 Å². The van der Waals surface area contributed by atoms with E-state index in [1.54, 1.807) is 0 Å². The summed E-state index contributed by atoms with van der Waals surface area (Å²) in [5.41, 5.74) is 2.42. The van der Waals surface area contributed by atoms with Crippen LogP contribution in [0.25, 0.3) is 5.52 Å². The third-order valence-electron chi connectivity index (χ3n) is 5.60. The van der Waals surface area contributed by atoms with Crippen molar-refractivity contribution in [2.24, 2.45) is 0 Å². The lowest BCUT2D eigenvalue weighted by Gasteiger charge is -2.48. The third-order valence-corrected chi connectivity index (χ3v) is 5.60. The summed E-state index contributed by atoms with van der Waals surface area (Å²) in [5.74, 6) is 1.80. The summed E-state index contributed by atoms with van der Waals surface area (Å²) in [5, 5.41) is 4.73. The number of fused-ring (bicyclic) bond motifs is 1. The maximum absolute atomic E-state index is 4.73. The number of aromatic nitrogens is 3. The van der Waals surface area contributed by atoms with Crippen molar-refractivity contribution in [2.75, 3.05) is 51.2 Å². The number of piperazine rings is 1. The fourth-order valence-corrected chi connectivity index (χ4v) is 3.80. The molecule has 2 saturated heterocycles. The van der Waals surface area contributed by atoms with E-state index in [0.29, 0.717) is 12.0 Å². The second-order valence-electron chi connectivity index (χ2n) is 7.32. The zero-order valence-corrected chi connectivity index (χ0v) is 13.7. The summed E-state index contributed by atoms with van der Waals surface area (Å²) in [6, 6.07) is 2.94. The van der Waals surface area contributed by atoms with Gasteiger partial charge >= 0.3 is 0 Å². The number of hydrogen-bond donors (Lipinski definition) is 0. The van der Waals surface area contributed by atoms with Crippen molar-refractivity contribution in [1.29, 1.82) is 0 Å². The SMILES string of the molecule is CN1CCN(C2CN(c3nccn4nc(C5CC5)cc34)C2)CC1. The van der Waals surface area contributed by atoms with Crippen LogP contribution < -0.4 is 4.90 Å². The van der Waals surface area contributed by atoms with Gasteiger partial charge < -0.3 is 9.80 Å². The predicted octanol–water partition coefficient (Wildman–Crippen LogP) is 1.04. The van der Waals surface area contributed by atoms with E-state index in [4.69, 9.17) is 5.10 Å². The number of rotatable bonds is 3. The standard InChI is InChI=1S/C17H24N6/c1-20-6-8-21(9-7-20)14-11-22(12-14)17-16-10-15(13-2-3-13)19-23(16)5-4-18-17/h4-5,10,13-14H,2-3,6-9,11-12H2,1H3. The summed E-state index contributed by atoms with van der Waals surface area (Å²) in [6.45, 7) is 6.98. The molecule has 6 nitrogen and oxygen atoms in total. The van der Waals surface area contributed by atoms with Crippen LogP contribution in [0.15, 0.2) is 18.5 Å². The van der Waals surface area contributed by atoms with E-state index in [0.717, 1.165) is 18.9 Å². The van der Waals surface area contributed by atoms with Gasteiger partial charge in [0.05, 0.1) is 5.69 Å². The molecule has 23 heavy (non-hydrogen) atoms. The average Bonchev–Trinajstić information content (AvgIpc) is 3.27. The van der Waals surface area contributed by atoms with Crippen LogP contribution in [-0.2, 0) is 0 Å².